The molecule has 0 saturated heterocycles. The van der Waals surface area contributed by atoms with E-state index in [2.05, 4.69) is 42.2 Å². The molecule has 1 aromatic heterocycles. The minimum absolute atomic E-state index is 0.127. The van der Waals surface area contributed by atoms with Crippen LogP contribution in [0.2, 0.25) is 0 Å². The van der Waals surface area contributed by atoms with Gasteiger partial charge in [-0.1, -0.05) is 40.6 Å². The third-order valence-electron chi connectivity index (χ3n) is 2.47. The summed E-state index contributed by atoms with van der Waals surface area (Å²) in [6.45, 7) is 2.01. The molecule has 1 heterocycles. The summed E-state index contributed by atoms with van der Waals surface area (Å²) in [7, 11) is 0. The predicted octanol–water partition coefficient (Wildman–Crippen LogP) is 4.70. The molecule has 2 rings (SSSR count). The van der Waals surface area contributed by atoms with Crippen molar-refractivity contribution in [1.29, 1.82) is 0 Å². The molecular weight excluding hydrogens is 399 g/mol. The first-order valence-electron chi connectivity index (χ1n) is 5.71. The van der Waals surface area contributed by atoms with Crippen LogP contribution in [0.25, 0.3) is 10.2 Å². The number of halogens is 3. The molecule has 0 saturated carbocycles. The van der Waals surface area contributed by atoms with E-state index in [1.807, 2.05) is 6.92 Å². The molecule has 7 heteroatoms. The van der Waals surface area contributed by atoms with Crippen LogP contribution >= 0.6 is 43.2 Å². The van der Waals surface area contributed by atoms with Crippen molar-refractivity contribution in [3.8, 4) is 0 Å². The summed E-state index contributed by atoms with van der Waals surface area (Å²) >= 11 is 7.85. The second-order valence-corrected chi connectivity index (χ2v) is 6.99. The van der Waals surface area contributed by atoms with Crippen LogP contribution in [0.4, 0.5) is 9.52 Å². The molecule has 0 unspecified atom stereocenters. The molecule has 102 valence electrons. The maximum atomic E-state index is 13.3. The van der Waals surface area contributed by atoms with Crippen LogP contribution in [0.3, 0.4) is 0 Å². The van der Waals surface area contributed by atoms with Gasteiger partial charge in [0.2, 0.25) is 5.91 Å². The van der Waals surface area contributed by atoms with E-state index in [-0.39, 0.29) is 16.6 Å². The molecule has 0 spiro atoms. The van der Waals surface area contributed by atoms with Crippen molar-refractivity contribution in [2.45, 2.75) is 24.6 Å². The molecule has 1 amide bonds. The van der Waals surface area contributed by atoms with Gasteiger partial charge < -0.3 is 5.32 Å². The number of anilines is 1. The Morgan fingerprint density at radius 1 is 1.58 bits per heavy atom. The van der Waals surface area contributed by atoms with Crippen molar-refractivity contribution in [2.75, 3.05) is 5.32 Å². The second kappa shape index (κ2) is 6.28. The van der Waals surface area contributed by atoms with E-state index in [4.69, 9.17) is 0 Å². The number of hydrogen-bond acceptors (Lipinski definition) is 3. The number of alkyl halides is 1. The average Bonchev–Trinajstić information content (AvgIpc) is 2.72. The highest BCUT2D eigenvalue weighted by molar-refractivity contribution is 9.10. The van der Waals surface area contributed by atoms with Crippen LogP contribution in [-0.4, -0.2) is 15.7 Å². The molecular formula is C12H11Br2FN2OS. The Balaban J connectivity index is 2.22. The third kappa shape index (κ3) is 3.52. The maximum Gasteiger partial charge on any atom is 0.239 e. The van der Waals surface area contributed by atoms with Crippen molar-refractivity contribution in [3.05, 3.63) is 22.4 Å². The topological polar surface area (TPSA) is 42.0 Å². The molecule has 0 fully saturated rings. The van der Waals surface area contributed by atoms with Gasteiger partial charge in [-0.05, 0) is 34.5 Å². The average molecular weight is 410 g/mol. The summed E-state index contributed by atoms with van der Waals surface area (Å²) < 4.78 is 14.5. The van der Waals surface area contributed by atoms with Gasteiger partial charge in [0.1, 0.15) is 5.82 Å². The summed E-state index contributed by atoms with van der Waals surface area (Å²) in [6.07, 6.45) is 1.68. The van der Waals surface area contributed by atoms with E-state index in [9.17, 15) is 9.18 Å². The van der Waals surface area contributed by atoms with Crippen LogP contribution in [0, 0.1) is 5.82 Å². The number of benzene rings is 1. The van der Waals surface area contributed by atoms with E-state index in [1.165, 1.54) is 23.5 Å². The van der Waals surface area contributed by atoms with Crippen LogP contribution in [0.5, 0.6) is 0 Å². The zero-order chi connectivity index (χ0) is 14.0. The van der Waals surface area contributed by atoms with Gasteiger partial charge in [-0.2, -0.15) is 0 Å². The number of thiazole rings is 1. The normalized spacial score (nSPS) is 12.6. The molecule has 0 aliphatic rings. The minimum Gasteiger partial charge on any atom is -0.301 e. The van der Waals surface area contributed by atoms with Gasteiger partial charge in [0.15, 0.2) is 5.13 Å². The number of carbonyl (C=O) groups is 1. The summed E-state index contributed by atoms with van der Waals surface area (Å²) in [6, 6.07) is 2.77. The molecule has 3 nitrogen and oxygen atoms in total. The van der Waals surface area contributed by atoms with Crippen molar-refractivity contribution >= 4 is 64.5 Å². The van der Waals surface area contributed by atoms with Crippen LogP contribution < -0.4 is 5.32 Å². The Hall–Kier alpha value is -0.530. The number of fused-ring (bicyclic) bond motifs is 1. The van der Waals surface area contributed by atoms with E-state index >= 15 is 0 Å². The number of nitrogens with zero attached hydrogens (tertiary/aromatic N) is 1. The molecule has 1 N–H and O–H groups in total. The summed E-state index contributed by atoms with van der Waals surface area (Å²) in [5.74, 6) is -0.456. The van der Waals surface area contributed by atoms with E-state index in [0.29, 0.717) is 19.8 Å². The molecule has 1 atom stereocenters. The Bertz CT molecular complexity index is 617. The monoisotopic (exact) mass is 408 g/mol. The predicted molar refractivity (Wildman–Crippen MR) is 83.5 cm³/mol. The van der Waals surface area contributed by atoms with Crippen molar-refractivity contribution in [1.82, 2.24) is 4.98 Å². The summed E-state index contributed by atoms with van der Waals surface area (Å²) in [5.41, 5.74) is 0.656. The van der Waals surface area contributed by atoms with Gasteiger partial charge in [-0.3, -0.25) is 4.79 Å². The lowest BCUT2D eigenvalue weighted by molar-refractivity contribution is -0.115. The van der Waals surface area contributed by atoms with Crippen LogP contribution in [0.15, 0.2) is 16.6 Å². The fourth-order valence-electron chi connectivity index (χ4n) is 1.58. The maximum absolute atomic E-state index is 13.3. The quantitative estimate of drug-likeness (QED) is 0.743. The van der Waals surface area contributed by atoms with Crippen LogP contribution in [-0.2, 0) is 4.79 Å². The lowest BCUT2D eigenvalue weighted by atomic mass is 10.2. The zero-order valence-electron chi connectivity index (χ0n) is 10.0. The number of hydrogen-bond donors (Lipinski definition) is 1. The highest BCUT2D eigenvalue weighted by Gasteiger charge is 2.16. The standard InChI is InChI=1S/C12H11Br2FN2OS/c1-2-3-7(13)11(18)17-12-16-10-8(14)4-6(15)5-9(10)19-12/h4-5,7H,2-3H2,1H3,(H,16,17,18)/t7-/m1/s1. The molecule has 0 aliphatic heterocycles. The van der Waals surface area contributed by atoms with E-state index in [1.54, 1.807) is 0 Å². The Kier molecular flexibility index (Phi) is 4.92. The first kappa shape index (κ1) is 14.9. The number of rotatable bonds is 4. The molecule has 19 heavy (non-hydrogen) atoms. The van der Waals surface area contributed by atoms with Gasteiger partial charge in [0.05, 0.1) is 15.0 Å². The highest BCUT2D eigenvalue weighted by atomic mass is 79.9. The lowest BCUT2D eigenvalue weighted by Gasteiger charge is -2.06. The summed E-state index contributed by atoms with van der Waals surface area (Å²) in [5, 5.41) is 3.22. The number of carbonyl (C=O) groups excluding carboxylic acids is 1. The molecule has 2 aromatic rings. The van der Waals surface area contributed by atoms with Crippen molar-refractivity contribution in [3.63, 3.8) is 0 Å². The van der Waals surface area contributed by atoms with Gasteiger partial charge in [-0.15, -0.1) is 0 Å². The van der Waals surface area contributed by atoms with Gasteiger partial charge in [0, 0.05) is 4.47 Å². The van der Waals surface area contributed by atoms with Gasteiger partial charge >= 0.3 is 0 Å². The lowest BCUT2D eigenvalue weighted by Crippen LogP contribution is -2.22. The first-order valence-corrected chi connectivity index (χ1v) is 8.24. The minimum atomic E-state index is -0.328. The zero-order valence-corrected chi connectivity index (χ0v) is 14.0. The fourth-order valence-corrected chi connectivity index (χ4v) is 3.72. The molecule has 1 aromatic carbocycles. The largest absolute Gasteiger partial charge is 0.301 e. The van der Waals surface area contributed by atoms with E-state index in [0.717, 1.165) is 12.8 Å². The highest BCUT2D eigenvalue weighted by Crippen LogP contribution is 2.32. The molecule has 0 bridgehead atoms. The van der Waals surface area contributed by atoms with Gasteiger partial charge in [0.25, 0.3) is 0 Å². The molecule has 0 aliphatic carbocycles. The van der Waals surface area contributed by atoms with Crippen LogP contribution in [0.1, 0.15) is 19.8 Å². The van der Waals surface area contributed by atoms with E-state index < -0.39 is 0 Å². The molecule has 0 radical (unpaired) electrons. The second-order valence-electron chi connectivity index (χ2n) is 4.00. The third-order valence-corrected chi connectivity index (χ3v) is 4.87. The van der Waals surface area contributed by atoms with Crippen molar-refractivity contribution in [2.24, 2.45) is 0 Å². The Labute approximate surface area is 130 Å². The Morgan fingerprint density at radius 2 is 2.32 bits per heavy atom. The smallest absolute Gasteiger partial charge is 0.239 e. The fraction of sp³-hybridized carbons (Fsp3) is 0.333. The number of aromatic nitrogens is 1. The summed E-state index contributed by atoms with van der Waals surface area (Å²) in [4.78, 5) is 15.9. The number of nitrogens with one attached hydrogen (secondary N) is 1. The SMILES string of the molecule is CCC[C@@H](Br)C(=O)Nc1nc2c(Br)cc(F)cc2s1. The first-order chi connectivity index (χ1) is 9.01. The number of amides is 1. The van der Waals surface area contributed by atoms with Gasteiger partial charge in [-0.25, -0.2) is 9.37 Å². The van der Waals surface area contributed by atoms with Crippen molar-refractivity contribution < 1.29 is 9.18 Å². The Morgan fingerprint density at radius 3 is 3.00 bits per heavy atom.